The molecule has 1 aromatic carbocycles. The van der Waals surface area contributed by atoms with E-state index in [1.807, 2.05) is 24.5 Å². The van der Waals surface area contributed by atoms with Crippen molar-refractivity contribution in [3.63, 3.8) is 0 Å². The molecule has 0 bridgehead atoms. The van der Waals surface area contributed by atoms with Crippen molar-refractivity contribution in [1.82, 2.24) is 9.97 Å². The second kappa shape index (κ2) is 7.90. The summed E-state index contributed by atoms with van der Waals surface area (Å²) in [6, 6.07) is 7.23. The van der Waals surface area contributed by atoms with Crippen LogP contribution >= 0.6 is 11.8 Å². The summed E-state index contributed by atoms with van der Waals surface area (Å²) in [6.07, 6.45) is 5.63. The lowest BCUT2D eigenvalue weighted by Crippen LogP contribution is -2.15. The third kappa shape index (κ3) is 4.51. The summed E-state index contributed by atoms with van der Waals surface area (Å²) in [7, 11) is 0. The number of thioether (sulfide) groups is 1. The Morgan fingerprint density at radius 1 is 1.43 bits per heavy atom. The van der Waals surface area contributed by atoms with Crippen LogP contribution in [0.15, 0.2) is 40.7 Å². The number of amides is 1. The quantitative estimate of drug-likeness (QED) is 0.266. The van der Waals surface area contributed by atoms with Gasteiger partial charge in [-0.2, -0.15) is 5.10 Å². The van der Waals surface area contributed by atoms with Crippen LogP contribution in [-0.4, -0.2) is 34.6 Å². The molecule has 0 fully saturated rings. The van der Waals surface area contributed by atoms with Crippen molar-refractivity contribution >= 4 is 47.3 Å². The molecule has 0 saturated carbocycles. The van der Waals surface area contributed by atoms with Gasteiger partial charge in [-0.1, -0.05) is 17.8 Å². The number of carbonyl (C=O) groups is 1. The standard InChI is InChI=1S/C14H15N7OS/c1-23-14-17-8-11(12(16)22)13(20-14)19-9-3-2-4-10(7-9)21-18-6-5-15/h2-8,15,21H,1H3,(H2,16,22)(H,17,19,20). The number of anilines is 3. The molecule has 0 unspecified atom stereocenters. The molecule has 0 aliphatic heterocycles. The Balaban J connectivity index is 2.27. The van der Waals surface area contributed by atoms with E-state index in [9.17, 15) is 4.79 Å². The van der Waals surface area contributed by atoms with E-state index >= 15 is 0 Å². The number of primary amides is 1. The fraction of sp³-hybridized carbons (Fsp3) is 0.0714. The molecule has 0 radical (unpaired) electrons. The van der Waals surface area contributed by atoms with Crippen molar-refractivity contribution in [2.24, 2.45) is 10.8 Å². The van der Waals surface area contributed by atoms with Crippen molar-refractivity contribution in [3.8, 4) is 0 Å². The summed E-state index contributed by atoms with van der Waals surface area (Å²) in [6.45, 7) is 0. The van der Waals surface area contributed by atoms with E-state index in [4.69, 9.17) is 11.1 Å². The van der Waals surface area contributed by atoms with Crippen LogP contribution in [0.25, 0.3) is 0 Å². The molecule has 9 heteroatoms. The summed E-state index contributed by atoms with van der Waals surface area (Å²) >= 11 is 1.36. The second-order valence-electron chi connectivity index (χ2n) is 4.25. The van der Waals surface area contributed by atoms with E-state index in [2.05, 4.69) is 25.8 Å². The summed E-state index contributed by atoms with van der Waals surface area (Å²) in [4.78, 5) is 19.8. The Morgan fingerprint density at radius 3 is 2.91 bits per heavy atom. The van der Waals surface area contributed by atoms with E-state index in [0.717, 1.165) is 6.21 Å². The minimum atomic E-state index is -0.606. The highest BCUT2D eigenvalue weighted by Gasteiger charge is 2.12. The predicted octanol–water partition coefficient (Wildman–Crippen LogP) is 2.09. The average molecular weight is 329 g/mol. The molecule has 2 rings (SSSR count). The predicted molar refractivity (Wildman–Crippen MR) is 93.0 cm³/mol. The lowest BCUT2D eigenvalue weighted by atomic mass is 10.2. The Bertz CT molecular complexity index is 748. The molecule has 0 aliphatic carbocycles. The largest absolute Gasteiger partial charge is 0.365 e. The van der Waals surface area contributed by atoms with Gasteiger partial charge < -0.3 is 16.5 Å². The zero-order valence-electron chi connectivity index (χ0n) is 12.3. The first kappa shape index (κ1) is 16.4. The van der Waals surface area contributed by atoms with Gasteiger partial charge in [0.05, 0.1) is 11.9 Å². The van der Waals surface area contributed by atoms with Crippen LogP contribution in [0.5, 0.6) is 0 Å². The number of benzene rings is 1. The van der Waals surface area contributed by atoms with Crippen molar-refractivity contribution in [3.05, 3.63) is 36.0 Å². The van der Waals surface area contributed by atoms with Gasteiger partial charge in [-0.05, 0) is 24.5 Å². The first-order chi connectivity index (χ1) is 11.1. The maximum Gasteiger partial charge on any atom is 0.254 e. The van der Waals surface area contributed by atoms with Gasteiger partial charge in [-0.25, -0.2) is 9.97 Å². The molecule has 23 heavy (non-hydrogen) atoms. The molecule has 1 aromatic heterocycles. The zero-order valence-corrected chi connectivity index (χ0v) is 13.1. The summed E-state index contributed by atoms with van der Waals surface area (Å²) < 4.78 is 0. The molecule has 0 saturated heterocycles. The van der Waals surface area contributed by atoms with Crippen molar-refractivity contribution < 1.29 is 4.79 Å². The van der Waals surface area contributed by atoms with E-state index in [1.165, 1.54) is 24.2 Å². The van der Waals surface area contributed by atoms with E-state index in [-0.39, 0.29) is 5.56 Å². The van der Waals surface area contributed by atoms with Gasteiger partial charge in [0, 0.05) is 18.1 Å². The molecule has 0 spiro atoms. The van der Waals surface area contributed by atoms with Crippen LogP contribution in [0.4, 0.5) is 17.2 Å². The van der Waals surface area contributed by atoms with Gasteiger partial charge in [0.15, 0.2) is 5.16 Å². The van der Waals surface area contributed by atoms with E-state index < -0.39 is 5.91 Å². The van der Waals surface area contributed by atoms with Gasteiger partial charge in [0.1, 0.15) is 11.4 Å². The third-order valence-electron chi connectivity index (χ3n) is 2.68. The Kier molecular flexibility index (Phi) is 5.64. The van der Waals surface area contributed by atoms with Crippen LogP contribution in [0.2, 0.25) is 0 Å². The van der Waals surface area contributed by atoms with Crippen molar-refractivity contribution in [2.75, 3.05) is 17.0 Å². The van der Waals surface area contributed by atoms with E-state index in [1.54, 1.807) is 6.07 Å². The van der Waals surface area contributed by atoms with Crippen LogP contribution in [0.3, 0.4) is 0 Å². The SMILES string of the molecule is CSc1ncc(C(N)=O)c(Nc2cccc(NN=CC=N)c2)n1. The summed E-state index contributed by atoms with van der Waals surface area (Å²) in [5.41, 5.74) is 9.76. The number of rotatable bonds is 7. The van der Waals surface area contributed by atoms with Crippen LogP contribution in [0.1, 0.15) is 10.4 Å². The number of hydrogen-bond acceptors (Lipinski definition) is 8. The van der Waals surface area contributed by atoms with Gasteiger partial charge >= 0.3 is 0 Å². The second-order valence-corrected chi connectivity index (χ2v) is 5.02. The molecular weight excluding hydrogens is 314 g/mol. The van der Waals surface area contributed by atoms with Gasteiger partial charge in [0.2, 0.25) is 0 Å². The third-order valence-corrected chi connectivity index (χ3v) is 3.24. The molecule has 1 heterocycles. The monoisotopic (exact) mass is 329 g/mol. The van der Waals surface area contributed by atoms with E-state index in [0.29, 0.717) is 22.3 Å². The number of hydrogen-bond donors (Lipinski definition) is 4. The van der Waals surface area contributed by atoms with Crippen molar-refractivity contribution in [2.45, 2.75) is 5.16 Å². The smallest absolute Gasteiger partial charge is 0.254 e. The maximum absolute atomic E-state index is 11.5. The average Bonchev–Trinajstić information content (AvgIpc) is 2.55. The van der Waals surface area contributed by atoms with Gasteiger partial charge in [-0.15, -0.1) is 0 Å². The van der Waals surface area contributed by atoms with Gasteiger partial charge in [-0.3, -0.25) is 10.2 Å². The highest BCUT2D eigenvalue weighted by Crippen LogP contribution is 2.23. The number of hydrazone groups is 1. The number of carbonyl (C=O) groups excluding carboxylic acids is 1. The lowest BCUT2D eigenvalue weighted by molar-refractivity contribution is 0.100. The van der Waals surface area contributed by atoms with Crippen LogP contribution in [-0.2, 0) is 0 Å². The van der Waals surface area contributed by atoms with Gasteiger partial charge in [0.25, 0.3) is 5.91 Å². The number of nitrogens with one attached hydrogen (secondary N) is 3. The Hall–Kier alpha value is -2.94. The molecule has 8 nitrogen and oxygen atoms in total. The summed E-state index contributed by atoms with van der Waals surface area (Å²) in [5, 5.41) is 14.3. The van der Waals surface area contributed by atoms with Crippen molar-refractivity contribution in [1.29, 1.82) is 5.41 Å². The minimum absolute atomic E-state index is 0.211. The number of aromatic nitrogens is 2. The molecular formula is C14H15N7OS. The number of nitrogens with two attached hydrogens (primary N) is 1. The first-order valence-corrected chi connectivity index (χ1v) is 7.72. The van der Waals surface area contributed by atoms with Crippen LogP contribution < -0.4 is 16.5 Å². The highest BCUT2D eigenvalue weighted by atomic mass is 32.2. The fourth-order valence-electron chi connectivity index (χ4n) is 1.69. The molecule has 5 N–H and O–H groups in total. The zero-order chi connectivity index (χ0) is 16.7. The molecule has 0 aliphatic rings. The summed E-state index contributed by atoms with van der Waals surface area (Å²) in [5.74, 6) is -0.262. The topological polar surface area (TPSA) is 129 Å². The Labute approximate surface area is 137 Å². The Morgan fingerprint density at radius 2 is 2.22 bits per heavy atom. The molecule has 118 valence electrons. The maximum atomic E-state index is 11.5. The fourth-order valence-corrected chi connectivity index (χ4v) is 2.03. The van der Waals surface area contributed by atoms with Crippen LogP contribution in [0, 0.1) is 5.41 Å². The normalized spacial score (nSPS) is 10.5. The molecule has 1 amide bonds. The highest BCUT2D eigenvalue weighted by molar-refractivity contribution is 7.98. The minimum Gasteiger partial charge on any atom is -0.365 e. The lowest BCUT2D eigenvalue weighted by Gasteiger charge is -2.10. The first-order valence-electron chi connectivity index (χ1n) is 6.50. The molecule has 2 aromatic rings. The number of nitrogens with zero attached hydrogens (tertiary/aromatic N) is 3. The molecule has 0 atom stereocenters.